The Kier molecular flexibility index (Phi) is 9.94. The van der Waals surface area contributed by atoms with Gasteiger partial charge in [0.1, 0.15) is 12.4 Å². The van der Waals surface area contributed by atoms with E-state index >= 15 is 0 Å². The summed E-state index contributed by atoms with van der Waals surface area (Å²) in [5.41, 5.74) is 1.28. The predicted molar refractivity (Wildman–Crippen MR) is 136 cm³/mol. The fraction of sp³-hybridized carbons (Fsp3) is 0.720. The second-order valence-electron chi connectivity index (χ2n) is 9.77. The fourth-order valence-corrected chi connectivity index (χ4v) is 6.63. The lowest BCUT2D eigenvalue weighted by atomic mass is 10.0. The van der Waals surface area contributed by atoms with Crippen LogP contribution in [0.2, 0.25) is 0 Å². The van der Waals surface area contributed by atoms with Crippen LogP contribution in [0.3, 0.4) is 0 Å². The maximum absolute atomic E-state index is 13.1. The van der Waals surface area contributed by atoms with E-state index in [1.165, 1.54) is 17.8 Å². The van der Waals surface area contributed by atoms with E-state index in [0.717, 1.165) is 52.1 Å². The zero-order valence-electron chi connectivity index (χ0n) is 22.0. The van der Waals surface area contributed by atoms with Crippen molar-refractivity contribution in [1.29, 1.82) is 0 Å². The lowest BCUT2D eigenvalue weighted by molar-refractivity contribution is -0.137. The van der Waals surface area contributed by atoms with Gasteiger partial charge in [0.25, 0.3) is 0 Å². The van der Waals surface area contributed by atoms with Crippen molar-refractivity contribution in [2.24, 2.45) is 0 Å². The molecule has 0 saturated carbocycles. The number of sulfonamides is 1. The lowest BCUT2D eigenvalue weighted by Crippen LogP contribution is -2.48. The van der Waals surface area contributed by atoms with Gasteiger partial charge < -0.3 is 19.3 Å². The number of carbonyl (C=O) groups excluding carboxylic acids is 1. The fourth-order valence-electron chi connectivity index (χ4n) is 5.07. The van der Waals surface area contributed by atoms with Gasteiger partial charge in [0.15, 0.2) is 0 Å². The average molecular weight is 511 g/mol. The number of likely N-dealkylation sites (N-methyl/N-ethyl adjacent to an activating group) is 2. The minimum absolute atomic E-state index is 0.0202. The van der Waals surface area contributed by atoms with Crippen molar-refractivity contribution in [3.63, 3.8) is 0 Å². The van der Waals surface area contributed by atoms with Crippen molar-refractivity contribution in [2.75, 3.05) is 80.2 Å². The van der Waals surface area contributed by atoms with Crippen LogP contribution in [-0.4, -0.2) is 120 Å². The average Bonchev–Trinajstić information content (AvgIpc) is 3.05. The van der Waals surface area contributed by atoms with Gasteiger partial charge in [0, 0.05) is 45.8 Å². The topological polar surface area (TPSA) is 82.6 Å². The van der Waals surface area contributed by atoms with Gasteiger partial charge in [-0.2, -0.15) is 4.31 Å². The molecule has 2 aliphatic heterocycles. The van der Waals surface area contributed by atoms with E-state index in [4.69, 9.17) is 9.47 Å². The monoisotopic (exact) mass is 510 g/mol. The largest absolute Gasteiger partial charge is 0.497 e. The summed E-state index contributed by atoms with van der Waals surface area (Å²) in [7, 11) is 1.60. The molecule has 3 rings (SSSR count). The molecule has 0 bridgehead atoms. The number of rotatable bonds is 9. The van der Waals surface area contributed by atoms with Gasteiger partial charge in [-0.15, -0.1) is 0 Å². The highest BCUT2D eigenvalue weighted by atomic mass is 32.2. The summed E-state index contributed by atoms with van der Waals surface area (Å²) < 4.78 is 38.3. The summed E-state index contributed by atoms with van der Waals surface area (Å²) in [5, 5.41) is 0. The van der Waals surface area contributed by atoms with E-state index in [0.29, 0.717) is 22.9 Å². The summed E-state index contributed by atoms with van der Waals surface area (Å²) in [4.78, 5) is 19.8. The minimum atomic E-state index is -3.67. The van der Waals surface area contributed by atoms with Crippen molar-refractivity contribution < 1.29 is 22.7 Å². The van der Waals surface area contributed by atoms with Crippen LogP contribution < -0.4 is 4.74 Å². The van der Waals surface area contributed by atoms with Crippen LogP contribution in [0.5, 0.6) is 5.75 Å². The molecule has 0 aromatic heterocycles. The Hall–Kier alpha value is -1.72. The first-order valence-corrected chi connectivity index (χ1v) is 14.0. The third-order valence-corrected chi connectivity index (χ3v) is 9.36. The molecule has 10 heteroatoms. The molecule has 0 atom stereocenters. The number of aryl methyl sites for hydroxylation is 2. The summed E-state index contributed by atoms with van der Waals surface area (Å²) in [6, 6.07) is 3.99. The standard InChI is InChI=1S/C25H42N4O5S/c1-20-17-23(33-5)18-21(2)25(20)35(31,32)27(4)15-16-34-19-24(30)29-11-7-22(8-12-29)28-10-6-9-26(3)13-14-28/h17-18,22H,6-16,19H2,1-5H3. The van der Waals surface area contributed by atoms with E-state index in [-0.39, 0.29) is 30.6 Å². The van der Waals surface area contributed by atoms with Crippen LogP contribution in [0.1, 0.15) is 30.4 Å². The number of hydrogen-bond donors (Lipinski definition) is 0. The van der Waals surface area contributed by atoms with Crippen LogP contribution in [0.25, 0.3) is 0 Å². The van der Waals surface area contributed by atoms with Gasteiger partial charge in [-0.25, -0.2) is 8.42 Å². The maximum atomic E-state index is 13.1. The van der Waals surface area contributed by atoms with Crippen LogP contribution in [0.15, 0.2) is 17.0 Å². The van der Waals surface area contributed by atoms with Crippen molar-refractivity contribution in [3.05, 3.63) is 23.3 Å². The Balaban J connectivity index is 1.42. The number of piperidine rings is 1. The molecule has 0 radical (unpaired) electrons. The van der Waals surface area contributed by atoms with Gasteiger partial charge in [0.2, 0.25) is 15.9 Å². The van der Waals surface area contributed by atoms with E-state index < -0.39 is 10.0 Å². The molecule has 35 heavy (non-hydrogen) atoms. The first kappa shape index (κ1) is 27.9. The van der Waals surface area contributed by atoms with Crippen LogP contribution in [-0.2, 0) is 19.6 Å². The second-order valence-corrected chi connectivity index (χ2v) is 11.8. The smallest absolute Gasteiger partial charge is 0.248 e. The predicted octanol–water partition coefficient (Wildman–Crippen LogP) is 1.58. The van der Waals surface area contributed by atoms with Gasteiger partial charge >= 0.3 is 0 Å². The molecule has 0 N–H and O–H groups in total. The second kappa shape index (κ2) is 12.5. The Bertz CT molecular complexity index is 940. The van der Waals surface area contributed by atoms with E-state index in [1.807, 2.05) is 4.90 Å². The maximum Gasteiger partial charge on any atom is 0.248 e. The highest BCUT2D eigenvalue weighted by molar-refractivity contribution is 7.89. The number of amides is 1. The molecule has 1 aromatic carbocycles. The van der Waals surface area contributed by atoms with E-state index in [1.54, 1.807) is 33.1 Å². The zero-order valence-corrected chi connectivity index (χ0v) is 22.8. The molecule has 9 nitrogen and oxygen atoms in total. The van der Waals surface area contributed by atoms with Crippen molar-refractivity contribution in [2.45, 2.75) is 44.0 Å². The summed E-state index contributed by atoms with van der Waals surface area (Å²) in [6.45, 7) is 9.85. The molecule has 198 valence electrons. The molecule has 1 amide bonds. The molecule has 0 spiro atoms. The van der Waals surface area contributed by atoms with Crippen LogP contribution in [0, 0.1) is 13.8 Å². The first-order chi connectivity index (χ1) is 16.6. The molecule has 0 aliphatic carbocycles. The van der Waals surface area contributed by atoms with Crippen LogP contribution in [0.4, 0.5) is 0 Å². The number of likely N-dealkylation sites (tertiary alicyclic amines) is 1. The third kappa shape index (κ3) is 7.16. The van der Waals surface area contributed by atoms with Gasteiger partial charge in [0.05, 0.1) is 18.6 Å². The molecule has 2 saturated heterocycles. The Morgan fingerprint density at radius 3 is 2.34 bits per heavy atom. The van der Waals surface area contributed by atoms with Crippen molar-refractivity contribution >= 4 is 15.9 Å². The van der Waals surface area contributed by atoms with Gasteiger partial charge in [-0.1, -0.05) is 0 Å². The molecule has 2 aliphatic rings. The highest BCUT2D eigenvalue weighted by Crippen LogP contribution is 2.27. The number of nitrogens with zero attached hydrogens (tertiary/aromatic N) is 4. The Morgan fingerprint density at radius 2 is 1.71 bits per heavy atom. The SMILES string of the molecule is COc1cc(C)c(S(=O)(=O)N(C)CCOCC(=O)N2CCC(N3CCCN(C)CC3)CC2)c(C)c1. The first-order valence-electron chi connectivity index (χ1n) is 12.5. The van der Waals surface area contributed by atoms with Crippen LogP contribution >= 0.6 is 0 Å². The third-order valence-electron chi connectivity index (χ3n) is 7.20. The summed E-state index contributed by atoms with van der Waals surface area (Å²) >= 11 is 0. The molecule has 2 heterocycles. The van der Waals surface area contributed by atoms with Gasteiger partial charge in [-0.3, -0.25) is 9.69 Å². The Morgan fingerprint density at radius 1 is 1.06 bits per heavy atom. The quantitative estimate of drug-likeness (QED) is 0.467. The van der Waals surface area contributed by atoms with Crippen molar-refractivity contribution in [1.82, 2.24) is 19.0 Å². The highest BCUT2D eigenvalue weighted by Gasteiger charge is 2.28. The van der Waals surface area contributed by atoms with E-state index in [2.05, 4.69) is 16.8 Å². The van der Waals surface area contributed by atoms with Gasteiger partial charge in [-0.05, 0) is 76.5 Å². The number of hydrogen-bond acceptors (Lipinski definition) is 7. The lowest BCUT2D eigenvalue weighted by Gasteiger charge is -2.38. The minimum Gasteiger partial charge on any atom is -0.497 e. The normalized spacial score (nSPS) is 19.2. The summed E-state index contributed by atoms with van der Waals surface area (Å²) in [5.74, 6) is 0.609. The molecule has 0 unspecified atom stereocenters. The molecule has 1 aromatic rings. The Labute approximate surface area is 211 Å². The number of ether oxygens (including phenoxy) is 2. The number of carbonyl (C=O) groups is 1. The summed E-state index contributed by atoms with van der Waals surface area (Å²) in [6.07, 6.45) is 3.19. The molecular weight excluding hydrogens is 468 g/mol. The van der Waals surface area contributed by atoms with E-state index in [9.17, 15) is 13.2 Å². The molecular formula is C25H42N4O5S. The van der Waals surface area contributed by atoms with Crippen molar-refractivity contribution in [3.8, 4) is 5.75 Å². The number of benzene rings is 1. The number of methoxy groups -OCH3 is 1. The zero-order chi connectivity index (χ0) is 25.6. The molecule has 2 fully saturated rings.